The van der Waals surface area contributed by atoms with E-state index < -0.39 is 0 Å². The average Bonchev–Trinajstić information content (AvgIpc) is 2.70. The molecule has 1 heterocycles. The molecule has 0 unspecified atom stereocenters. The molecule has 4 rings (SSSR count). The highest BCUT2D eigenvalue weighted by Gasteiger charge is 2.13. The summed E-state index contributed by atoms with van der Waals surface area (Å²) in [6, 6.07) is 27.9. The van der Waals surface area contributed by atoms with E-state index >= 15 is 0 Å². The van der Waals surface area contributed by atoms with E-state index in [4.69, 9.17) is 0 Å². The second-order valence-electron chi connectivity index (χ2n) is 6.52. The van der Waals surface area contributed by atoms with Crippen molar-refractivity contribution in [1.82, 2.24) is 4.98 Å². The van der Waals surface area contributed by atoms with Crippen molar-refractivity contribution >= 4 is 0 Å². The van der Waals surface area contributed by atoms with Crippen molar-refractivity contribution < 1.29 is 4.57 Å². The van der Waals surface area contributed by atoms with Gasteiger partial charge < -0.3 is 0 Å². The van der Waals surface area contributed by atoms with E-state index in [-0.39, 0.29) is 0 Å². The van der Waals surface area contributed by atoms with Gasteiger partial charge in [0, 0.05) is 11.6 Å². The van der Waals surface area contributed by atoms with Gasteiger partial charge in [0.25, 0.3) is 6.33 Å². The van der Waals surface area contributed by atoms with E-state index in [9.17, 15) is 0 Å². The Labute approximate surface area is 154 Å². The highest BCUT2D eigenvalue weighted by Crippen LogP contribution is 2.34. The Kier molecular flexibility index (Phi) is 4.32. The van der Waals surface area contributed by atoms with Crippen LogP contribution < -0.4 is 4.57 Å². The summed E-state index contributed by atoms with van der Waals surface area (Å²) in [7, 11) is 2.03. The van der Waals surface area contributed by atoms with Crippen LogP contribution in [0.1, 0.15) is 5.56 Å². The molecule has 0 atom stereocenters. The van der Waals surface area contributed by atoms with Gasteiger partial charge in [-0.05, 0) is 40.8 Å². The lowest BCUT2D eigenvalue weighted by Crippen LogP contribution is -2.31. The molecule has 0 radical (unpaired) electrons. The van der Waals surface area contributed by atoms with Gasteiger partial charge in [-0.25, -0.2) is 4.57 Å². The summed E-state index contributed by atoms with van der Waals surface area (Å²) in [4.78, 5) is 4.20. The van der Waals surface area contributed by atoms with E-state index in [2.05, 4.69) is 95.3 Å². The summed E-state index contributed by atoms with van der Waals surface area (Å²) in [5.74, 6) is 0. The summed E-state index contributed by atoms with van der Waals surface area (Å²) >= 11 is 0. The SMILES string of the molecule is Cc1ccc(-c2ccccc2-c2ccccc2)cc1-c1ccnc[n+]1C. The predicted molar refractivity (Wildman–Crippen MR) is 106 cm³/mol. The number of aryl methyl sites for hydroxylation is 2. The van der Waals surface area contributed by atoms with Crippen LogP contribution in [-0.2, 0) is 7.05 Å². The van der Waals surface area contributed by atoms with Gasteiger partial charge in [0.05, 0.1) is 7.05 Å². The van der Waals surface area contributed by atoms with Crippen molar-refractivity contribution in [1.29, 1.82) is 0 Å². The second kappa shape index (κ2) is 6.93. The molecule has 0 aliphatic rings. The van der Waals surface area contributed by atoms with Crippen molar-refractivity contribution in [2.24, 2.45) is 7.05 Å². The van der Waals surface area contributed by atoms with Crippen molar-refractivity contribution in [3.05, 3.63) is 97.0 Å². The summed E-state index contributed by atoms with van der Waals surface area (Å²) in [6.07, 6.45) is 3.69. The number of benzene rings is 3. The molecule has 2 heteroatoms. The zero-order valence-electron chi connectivity index (χ0n) is 15.1. The van der Waals surface area contributed by atoms with Crippen LogP contribution >= 0.6 is 0 Å². The number of hydrogen-bond donors (Lipinski definition) is 0. The Balaban J connectivity index is 1.89. The third-order valence-electron chi connectivity index (χ3n) is 4.77. The van der Waals surface area contributed by atoms with Crippen LogP contribution in [0.5, 0.6) is 0 Å². The van der Waals surface area contributed by atoms with Gasteiger partial charge in [-0.2, -0.15) is 0 Å². The van der Waals surface area contributed by atoms with E-state index in [1.165, 1.54) is 33.4 Å². The van der Waals surface area contributed by atoms with Crippen LogP contribution in [0.25, 0.3) is 33.5 Å². The van der Waals surface area contributed by atoms with E-state index in [1.54, 1.807) is 0 Å². The van der Waals surface area contributed by atoms with Crippen LogP contribution in [0.4, 0.5) is 0 Å². The molecular weight excluding hydrogens is 316 g/mol. The highest BCUT2D eigenvalue weighted by atomic mass is 15.0. The predicted octanol–water partition coefficient (Wildman–Crippen LogP) is 5.22. The summed E-state index contributed by atoms with van der Waals surface area (Å²) in [5, 5.41) is 0. The largest absolute Gasteiger partial charge is 0.286 e. The molecule has 0 fully saturated rings. The maximum atomic E-state index is 4.20. The Hall–Kier alpha value is -3.26. The number of hydrogen-bond acceptors (Lipinski definition) is 1. The summed E-state index contributed by atoms with van der Waals surface area (Å²) in [6.45, 7) is 2.16. The third-order valence-corrected chi connectivity index (χ3v) is 4.77. The van der Waals surface area contributed by atoms with Gasteiger partial charge in [-0.15, -0.1) is 0 Å². The summed E-state index contributed by atoms with van der Waals surface area (Å²) < 4.78 is 2.06. The molecule has 126 valence electrons. The fourth-order valence-corrected chi connectivity index (χ4v) is 3.38. The molecule has 3 aromatic carbocycles. The Morgan fingerprint density at radius 2 is 1.38 bits per heavy atom. The molecule has 2 nitrogen and oxygen atoms in total. The van der Waals surface area contributed by atoms with Crippen molar-refractivity contribution in [3.63, 3.8) is 0 Å². The van der Waals surface area contributed by atoms with E-state index in [0.29, 0.717) is 0 Å². The minimum atomic E-state index is 1.16. The van der Waals surface area contributed by atoms with E-state index in [1.807, 2.05) is 19.6 Å². The Bertz CT molecular complexity index is 1050. The molecule has 0 aliphatic carbocycles. The highest BCUT2D eigenvalue weighted by molar-refractivity contribution is 5.85. The minimum Gasteiger partial charge on any atom is -0.233 e. The molecule has 0 saturated carbocycles. The minimum absolute atomic E-state index is 1.16. The Morgan fingerprint density at radius 3 is 2.12 bits per heavy atom. The quantitative estimate of drug-likeness (QED) is 0.469. The summed E-state index contributed by atoms with van der Waals surface area (Å²) in [5.41, 5.74) is 8.61. The van der Waals surface area contributed by atoms with Crippen LogP contribution in [-0.4, -0.2) is 4.98 Å². The average molecular weight is 337 g/mol. The first-order valence-electron chi connectivity index (χ1n) is 8.79. The molecule has 0 saturated heterocycles. The topological polar surface area (TPSA) is 16.8 Å². The maximum Gasteiger partial charge on any atom is 0.286 e. The number of aromatic nitrogens is 2. The zero-order valence-corrected chi connectivity index (χ0v) is 15.1. The van der Waals surface area contributed by atoms with Gasteiger partial charge >= 0.3 is 0 Å². The molecule has 0 spiro atoms. The third kappa shape index (κ3) is 3.02. The van der Waals surface area contributed by atoms with Crippen LogP contribution in [0.2, 0.25) is 0 Å². The van der Waals surface area contributed by atoms with Crippen molar-refractivity contribution in [2.75, 3.05) is 0 Å². The molecule has 0 N–H and O–H groups in total. The standard InChI is InChI=1S/C24H21N2/c1-18-12-13-20(16-23(18)24-14-15-25-17-26(24)2)22-11-7-6-10-21(22)19-8-4-3-5-9-19/h3-17H,1-2H3/q+1. The van der Waals surface area contributed by atoms with E-state index in [0.717, 1.165) is 5.69 Å². The molecule has 26 heavy (non-hydrogen) atoms. The first kappa shape index (κ1) is 16.2. The monoisotopic (exact) mass is 337 g/mol. The van der Waals surface area contributed by atoms with Gasteiger partial charge in [-0.1, -0.05) is 71.7 Å². The maximum absolute atomic E-state index is 4.20. The normalized spacial score (nSPS) is 10.7. The van der Waals surface area contributed by atoms with Gasteiger partial charge in [0.2, 0.25) is 0 Å². The molecule has 0 amide bonds. The molecule has 1 aromatic heterocycles. The van der Waals surface area contributed by atoms with Crippen LogP contribution in [0.15, 0.2) is 91.4 Å². The first-order valence-corrected chi connectivity index (χ1v) is 8.79. The van der Waals surface area contributed by atoms with Gasteiger partial charge in [0.15, 0.2) is 0 Å². The van der Waals surface area contributed by atoms with Crippen molar-refractivity contribution in [2.45, 2.75) is 6.92 Å². The molecule has 0 aliphatic heterocycles. The van der Waals surface area contributed by atoms with Crippen LogP contribution in [0.3, 0.4) is 0 Å². The lowest BCUT2D eigenvalue weighted by atomic mass is 9.92. The first-order chi connectivity index (χ1) is 12.7. The smallest absolute Gasteiger partial charge is 0.233 e. The molecular formula is C24H21N2+. The van der Waals surface area contributed by atoms with Crippen molar-refractivity contribution in [3.8, 4) is 33.5 Å². The lowest BCUT2D eigenvalue weighted by Gasteiger charge is -2.13. The fraction of sp³-hybridized carbons (Fsp3) is 0.0833. The lowest BCUT2D eigenvalue weighted by molar-refractivity contribution is -0.663. The molecule has 4 aromatic rings. The molecule has 0 bridgehead atoms. The zero-order chi connectivity index (χ0) is 17.9. The van der Waals surface area contributed by atoms with Crippen LogP contribution in [0, 0.1) is 6.92 Å². The number of rotatable bonds is 3. The van der Waals surface area contributed by atoms with Gasteiger partial charge in [0.1, 0.15) is 11.9 Å². The second-order valence-corrected chi connectivity index (χ2v) is 6.52. The fourth-order valence-electron chi connectivity index (χ4n) is 3.38. The number of nitrogens with zero attached hydrogens (tertiary/aromatic N) is 2. The Morgan fingerprint density at radius 1 is 0.692 bits per heavy atom. The van der Waals surface area contributed by atoms with Gasteiger partial charge in [-0.3, -0.25) is 0 Å².